The molecule has 0 N–H and O–H groups in total. The summed E-state index contributed by atoms with van der Waals surface area (Å²) in [6, 6.07) is 0. The molecule has 0 aromatic carbocycles. The first-order valence-corrected chi connectivity index (χ1v) is 6.10. The zero-order chi connectivity index (χ0) is 14.0. The Labute approximate surface area is 112 Å². The van der Waals surface area contributed by atoms with Gasteiger partial charge in [-0.05, 0) is 18.2 Å². The van der Waals surface area contributed by atoms with Crippen molar-refractivity contribution in [3.05, 3.63) is 50.6 Å². The second-order valence-corrected chi connectivity index (χ2v) is 4.38. The molecule has 0 aromatic heterocycles. The van der Waals surface area contributed by atoms with E-state index >= 15 is 0 Å². The molecule has 0 fully saturated rings. The zero-order valence-electron chi connectivity index (χ0n) is 11.8. The first-order valence-electron chi connectivity index (χ1n) is 6.10. The van der Waals surface area contributed by atoms with Crippen molar-refractivity contribution in [2.75, 3.05) is 40.3 Å². The van der Waals surface area contributed by atoms with Gasteiger partial charge in [-0.2, -0.15) is 0 Å². The van der Waals surface area contributed by atoms with E-state index in [1.54, 1.807) is 6.08 Å². The zero-order valence-corrected chi connectivity index (χ0v) is 11.8. The van der Waals surface area contributed by atoms with Crippen LogP contribution in [0.3, 0.4) is 0 Å². The van der Waals surface area contributed by atoms with E-state index in [-0.39, 0.29) is 0 Å². The Balaban J connectivity index is 5.54. The van der Waals surface area contributed by atoms with E-state index in [0.717, 1.165) is 25.6 Å². The normalized spacial score (nSPS) is 11.8. The van der Waals surface area contributed by atoms with Gasteiger partial charge in [0.2, 0.25) is 0 Å². The molecule has 0 amide bonds. The lowest BCUT2D eigenvalue weighted by Gasteiger charge is -2.38. The van der Waals surface area contributed by atoms with Crippen LogP contribution in [0.15, 0.2) is 55.6 Å². The summed E-state index contributed by atoms with van der Waals surface area (Å²) in [4.78, 5) is 6.67. The molecule has 0 aliphatic rings. The largest absolute Gasteiger partial charge is 0.317 e. The Morgan fingerprint density at radius 1 is 0.944 bits per heavy atom. The van der Waals surface area contributed by atoms with Crippen LogP contribution in [-0.2, 0) is 0 Å². The maximum atomic E-state index is 4.62. The van der Waals surface area contributed by atoms with Crippen LogP contribution < -0.4 is 0 Å². The van der Waals surface area contributed by atoms with Gasteiger partial charge < -0.3 is 4.90 Å². The van der Waals surface area contributed by atoms with Gasteiger partial charge in [0.15, 0.2) is 0 Å². The van der Waals surface area contributed by atoms with E-state index in [1.807, 2.05) is 37.2 Å². The predicted octanol–water partition coefficient (Wildman–Crippen LogP) is 2.46. The summed E-state index contributed by atoms with van der Waals surface area (Å²) in [7, 11) is 4.01. The molecule has 3 nitrogen and oxygen atoms in total. The molecule has 0 atom stereocenters. The van der Waals surface area contributed by atoms with Crippen molar-refractivity contribution >= 4 is 5.96 Å². The molecule has 0 aliphatic carbocycles. The van der Waals surface area contributed by atoms with Gasteiger partial charge in [-0.15, -0.1) is 6.58 Å². The van der Waals surface area contributed by atoms with Crippen LogP contribution in [0.1, 0.15) is 0 Å². The van der Waals surface area contributed by atoms with Gasteiger partial charge in [-0.3, -0.25) is 0 Å². The van der Waals surface area contributed by atoms with Crippen molar-refractivity contribution in [1.82, 2.24) is 4.90 Å². The van der Waals surface area contributed by atoms with Crippen LogP contribution in [0.2, 0.25) is 0 Å². The van der Waals surface area contributed by atoms with E-state index in [0.29, 0.717) is 11.0 Å². The molecule has 0 spiro atoms. The van der Waals surface area contributed by atoms with E-state index in [9.17, 15) is 0 Å². The summed E-state index contributed by atoms with van der Waals surface area (Å²) >= 11 is 0. The first kappa shape index (κ1) is 16.4. The van der Waals surface area contributed by atoms with Crippen molar-refractivity contribution in [2.45, 2.75) is 0 Å². The number of guanidine groups is 1. The molecular formula is C15H26N3+. The molecule has 0 saturated carbocycles. The van der Waals surface area contributed by atoms with Crippen LogP contribution >= 0.6 is 0 Å². The summed E-state index contributed by atoms with van der Waals surface area (Å²) in [5.41, 5.74) is 0. The molecule has 0 aliphatic heterocycles. The van der Waals surface area contributed by atoms with Crippen LogP contribution in [-0.4, -0.2) is 55.6 Å². The minimum atomic E-state index is 0.610. The summed E-state index contributed by atoms with van der Waals surface area (Å²) < 4.78 is 0.664. The highest BCUT2D eigenvalue weighted by atomic mass is 15.5. The van der Waals surface area contributed by atoms with Gasteiger partial charge in [0.25, 0.3) is 0 Å². The molecular weight excluding hydrogens is 222 g/mol. The molecule has 0 radical (unpaired) electrons. The molecule has 0 saturated heterocycles. The van der Waals surface area contributed by atoms with Crippen LogP contribution in [0.25, 0.3) is 0 Å². The SMILES string of the molecule is C=CC/N=C(\N(C)C)[N+](CC=C)(CC=C)CC=C. The average molecular weight is 248 g/mol. The average Bonchev–Trinajstić information content (AvgIpc) is 2.30. The van der Waals surface area contributed by atoms with E-state index < -0.39 is 0 Å². The Kier molecular flexibility index (Phi) is 7.72. The molecule has 0 bridgehead atoms. The van der Waals surface area contributed by atoms with Crippen molar-refractivity contribution < 1.29 is 4.48 Å². The topological polar surface area (TPSA) is 15.6 Å². The highest BCUT2D eigenvalue weighted by Gasteiger charge is 2.32. The molecule has 3 heteroatoms. The number of nitrogens with zero attached hydrogens (tertiary/aromatic N) is 3. The van der Waals surface area contributed by atoms with Gasteiger partial charge in [0.1, 0.15) is 19.6 Å². The summed E-state index contributed by atoms with van der Waals surface area (Å²) in [5.74, 6) is 0.995. The Morgan fingerprint density at radius 2 is 1.39 bits per heavy atom. The van der Waals surface area contributed by atoms with Gasteiger partial charge in [0.05, 0.1) is 6.54 Å². The third kappa shape index (κ3) is 4.34. The lowest BCUT2D eigenvalue weighted by molar-refractivity contribution is -0.828. The van der Waals surface area contributed by atoms with Crippen molar-refractivity contribution in [3.8, 4) is 0 Å². The lowest BCUT2D eigenvalue weighted by Crippen LogP contribution is -2.58. The van der Waals surface area contributed by atoms with E-state index in [2.05, 4.69) is 31.3 Å². The molecule has 0 aromatic rings. The Bertz CT molecular complexity index is 300. The monoisotopic (exact) mass is 248 g/mol. The fourth-order valence-corrected chi connectivity index (χ4v) is 2.07. The van der Waals surface area contributed by atoms with Gasteiger partial charge >= 0.3 is 5.96 Å². The molecule has 0 unspecified atom stereocenters. The fourth-order valence-electron chi connectivity index (χ4n) is 2.07. The van der Waals surface area contributed by atoms with Gasteiger partial charge in [-0.25, -0.2) is 9.48 Å². The van der Waals surface area contributed by atoms with Crippen molar-refractivity contribution in [2.24, 2.45) is 4.99 Å². The number of quaternary nitrogens is 1. The maximum absolute atomic E-state index is 4.62. The molecule has 0 rings (SSSR count). The summed E-state index contributed by atoms with van der Waals surface area (Å²) in [6.07, 6.45) is 7.55. The Morgan fingerprint density at radius 3 is 1.67 bits per heavy atom. The molecule has 18 heavy (non-hydrogen) atoms. The van der Waals surface area contributed by atoms with Gasteiger partial charge in [-0.1, -0.05) is 25.8 Å². The molecule has 0 heterocycles. The van der Waals surface area contributed by atoms with Crippen LogP contribution in [0.4, 0.5) is 0 Å². The van der Waals surface area contributed by atoms with Crippen molar-refractivity contribution in [3.63, 3.8) is 0 Å². The maximum Gasteiger partial charge on any atom is 0.300 e. The third-order valence-corrected chi connectivity index (χ3v) is 2.62. The van der Waals surface area contributed by atoms with Crippen LogP contribution in [0.5, 0.6) is 0 Å². The second kappa shape index (κ2) is 8.48. The minimum Gasteiger partial charge on any atom is -0.317 e. The van der Waals surface area contributed by atoms with Crippen molar-refractivity contribution in [1.29, 1.82) is 0 Å². The van der Waals surface area contributed by atoms with E-state index in [4.69, 9.17) is 0 Å². The smallest absolute Gasteiger partial charge is 0.300 e. The quantitative estimate of drug-likeness (QED) is 0.279. The third-order valence-electron chi connectivity index (χ3n) is 2.62. The minimum absolute atomic E-state index is 0.610. The summed E-state index contributed by atoms with van der Waals surface area (Å²) in [5, 5.41) is 0. The molecule has 100 valence electrons. The highest BCUT2D eigenvalue weighted by molar-refractivity contribution is 5.73. The van der Waals surface area contributed by atoms with Crippen LogP contribution in [0, 0.1) is 0 Å². The number of aliphatic imine (C=N–C) groups is 1. The standard InChI is InChI=1S/C15H26N3/c1-7-11-16-15(17(5)6)18(12-8-2,13-9-3)14-10-4/h7-10H,1-4,11-14H2,5-6H3/q+1/b16-15+. The second-order valence-electron chi connectivity index (χ2n) is 4.38. The number of rotatable bonds is 8. The number of hydrogen-bond acceptors (Lipinski definition) is 1. The van der Waals surface area contributed by atoms with E-state index in [1.165, 1.54) is 0 Å². The lowest BCUT2D eigenvalue weighted by atomic mass is 10.3. The highest BCUT2D eigenvalue weighted by Crippen LogP contribution is 2.12. The summed E-state index contributed by atoms with van der Waals surface area (Å²) in [6.45, 7) is 18.3. The first-order chi connectivity index (χ1) is 8.57. The number of hydrogen-bond donors (Lipinski definition) is 0. The fraction of sp³-hybridized carbons (Fsp3) is 0.400. The predicted molar refractivity (Wildman–Crippen MR) is 81.6 cm³/mol. The Hall–Kier alpha value is -1.61. The van der Waals surface area contributed by atoms with Gasteiger partial charge in [0, 0.05) is 14.1 Å².